The van der Waals surface area contributed by atoms with Crippen molar-refractivity contribution < 1.29 is 32.0 Å². The van der Waals surface area contributed by atoms with E-state index in [1.165, 1.54) is 0 Å². The van der Waals surface area contributed by atoms with Crippen molar-refractivity contribution in [1.29, 1.82) is 0 Å². The van der Waals surface area contributed by atoms with Crippen LogP contribution in [-0.2, 0) is 32.0 Å². The van der Waals surface area contributed by atoms with Crippen molar-refractivity contribution in [2.75, 3.05) is 0 Å². The van der Waals surface area contributed by atoms with Gasteiger partial charge in [-0.25, -0.2) is 0 Å². The fourth-order valence-corrected chi connectivity index (χ4v) is 0.508. The molecule has 1 rings (SSSR count). The molecule has 1 N–H and O–H groups in total. The van der Waals surface area contributed by atoms with Crippen molar-refractivity contribution in [3.63, 3.8) is 0 Å². The van der Waals surface area contributed by atoms with E-state index in [9.17, 15) is 9.59 Å². The third-order valence-electron chi connectivity index (χ3n) is 0.858. The molecule has 0 aromatic carbocycles. The Labute approximate surface area is 111 Å². The van der Waals surface area contributed by atoms with Crippen LogP contribution in [0.25, 0.3) is 0 Å². The van der Waals surface area contributed by atoms with Crippen molar-refractivity contribution in [2.24, 2.45) is 0 Å². The van der Waals surface area contributed by atoms with Crippen LogP contribution in [0.4, 0.5) is 0 Å². The van der Waals surface area contributed by atoms with E-state index in [2.05, 4.69) is 5.32 Å². The summed E-state index contributed by atoms with van der Waals surface area (Å²) in [5.74, 6) is -0.296. The summed E-state index contributed by atoms with van der Waals surface area (Å²) in [4.78, 5) is 20.2. The van der Waals surface area contributed by atoms with Crippen LogP contribution in [0.15, 0.2) is 0 Å². The molecule has 1 aliphatic heterocycles. The van der Waals surface area contributed by atoms with E-state index in [1.807, 2.05) is 0 Å². The van der Waals surface area contributed by atoms with Crippen molar-refractivity contribution in [3.8, 4) is 0 Å². The van der Waals surface area contributed by atoms with E-state index in [4.69, 9.17) is 0 Å². The maximum absolute atomic E-state index is 10.1. The normalized spacial score (nSPS) is 15.6. The first-order chi connectivity index (χ1) is 3.29. The molecule has 51 valence electrons. The van der Waals surface area contributed by atoms with Gasteiger partial charge in [-0.2, -0.15) is 0 Å². The van der Waals surface area contributed by atoms with Crippen molar-refractivity contribution in [2.45, 2.75) is 12.8 Å². The van der Waals surface area contributed by atoms with Crippen LogP contribution in [0.2, 0.25) is 0 Å². The molecular formula is C4H6AuKNO2. The van der Waals surface area contributed by atoms with Crippen LogP contribution in [0.5, 0.6) is 0 Å². The van der Waals surface area contributed by atoms with Crippen LogP contribution in [-0.4, -0.2) is 63.2 Å². The monoisotopic (exact) mass is 336 g/mol. The molecule has 0 aromatic heterocycles. The molecule has 5 heteroatoms. The quantitative estimate of drug-likeness (QED) is 0.445. The number of hydrogen-bond acceptors (Lipinski definition) is 2. The second kappa shape index (κ2) is 6.24. The van der Waals surface area contributed by atoms with Crippen molar-refractivity contribution >= 4 is 63.2 Å². The Morgan fingerprint density at radius 2 is 1.44 bits per heavy atom. The van der Waals surface area contributed by atoms with Crippen molar-refractivity contribution in [1.82, 2.24) is 5.32 Å². The van der Waals surface area contributed by atoms with Gasteiger partial charge in [-0.15, -0.1) is 0 Å². The molecule has 0 atom stereocenters. The van der Waals surface area contributed by atoms with Gasteiger partial charge in [0.2, 0.25) is 11.8 Å². The summed E-state index contributed by atoms with van der Waals surface area (Å²) in [6.45, 7) is 0. The summed E-state index contributed by atoms with van der Waals surface area (Å²) >= 11 is 0. The zero-order chi connectivity index (χ0) is 5.28. The fraction of sp³-hybridized carbons (Fsp3) is 0.500. The second-order valence-corrected chi connectivity index (χ2v) is 1.47. The van der Waals surface area contributed by atoms with Gasteiger partial charge in [0.15, 0.2) is 0 Å². The van der Waals surface area contributed by atoms with Gasteiger partial charge in [0, 0.05) is 35.2 Å². The van der Waals surface area contributed by atoms with E-state index in [-0.39, 0.29) is 85.6 Å². The zero-order valence-corrected chi connectivity index (χ0v) is 6.20. The summed E-state index contributed by atoms with van der Waals surface area (Å²) < 4.78 is 0. The summed E-state index contributed by atoms with van der Waals surface area (Å²) in [7, 11) is 0. The molecule has 0 saturated carbocycles. The molecule has 0 unspecified atom stereocenters. The minimum atomic E-state index is -0.148. The maximum atomic E-state index is 10.1. The second-order valence-electron chi connectivity index (χ2n) is 1.47. The molecule has 2 amide bonds. The Morgan fingerprint density at radius 3 is 1.56 bits per heavy atom. The predicted octanol–water partition coefficient (Wildman–Crippen LogP) is -1.23. The van der Waals surface area contributed by atoms with Crippen LogP contribution in [0.3, 0.4) is 0 Å². The number of imide groups is 1. The number of rotatable bonds is 0. The molecule has 1 heterocycles. The standard InChI is InChI=1S/C4H5NO2.Au.K.H/c6-3-1-2-4(7)5-3;;;/h1-2H2,(H,5,6,7);;;. The number of carbonyl (C=O) groups is 2. The molecule has 3 nitrogen and oxygen atoms in total. The Balaban J connectivity index is 0. The Bertz CT molecular complexity index is 114. The van der Waals surface area contributed by atoms with E-state index in [0.29, 0.717) is 12.8 Å². The van der Waals surface area contributed by atoms with Crippen LogP contribution in [0.1, 0.15) is 12.8 Å². The molecule has 9 heavy (non-hydrogen) atoms. The summed E-state index contributed by atoms with van der Waals surface area (Å²) in [6.07, 6.45) is 0.748. The first kappa shape index (κ1) is 13.1. The third-order valence-corrected chi connectivity index (χ3v) is 0.858. The topological polar surface area (TPSA) is 46.2 Å². The first-order valence-corrected chi connectivity index (χ1v) is 2.12. The van der Waals surface area contributed by atoms with E-state index < -0.39 is 0 Å². The third kappa shape index (κ3) is 4.86. The van der Waals surface area contributed by atoms with Gasteiger partial charge >= 0.3 is 51.4 Å². The molecule has 0 bridgehead atoms. The Hall–Kier alpha value is 1.52. The Morgan fingerprint density at radius 1 is 1.11 bits per heavy atom. The molecule has 0 aromatic rings. The van der Waals surface area contributed by atoms with E-state index >= 15 is 0 Å². The fourth-order valence-electron chi connectivity index (χ4n) is 0.508. The van der Waals surface area contributed by atoms with Crippen LogP contribution in [0, 0.1) is 0 Å². The van der Waals surface area contributed by atoms with E-state index in [0.717, 1.165) is 0 Å². The van der Waals surface area contributed by atoms with Gasteiger partial charge in [0.05, 0.1) is 0 Å². The number of amides is 2. The predicted molar refractivity (Wildman–Crippen MR) is 29.5 cm³/mol. The van der Waals surface area contributed by atoms with Gasteiger partial charge in [0.25, 0.3) is 0 Å². The SMILES string of the molecule is O=C1CCC(=O)N1.[Au].[KH]. The molecule has 0 spiro atoms. The van der Waals surface area contributed by atoms with Gasteiger partial charge in [-0.1, -0.05) is 0 Å². The van der Waals surface area contributed by atoms with Crippen LogP contribution >= 0.6 is 0 Å². The molecule has 1 fully saturated rings. The molecule has 1 radical (unpaired) electrons. The van der Waals surface area contributed by atoms with Crippen LogP contribution < -0.4 is 5.32 Å². The number of hydrogen-bond donors (Lipinski definition) is 1. The van der Waals surface area contributed by atoms with Gasteiger partial charge in [-0.3, -0.25) is 14.9 Å². The Kier molecular flexibility index (Phi) is 9.11. The summed E-state index contributed by atoms with van der Waals surface area (Å²) in [5.41, 5.74) is 0. The number of nitrogens with one attached hydrogen (secondary N) is 1. The average molecular weight is 336 g/mol. The minimum absolute atomic E-state index is 0. The molecule has 0 aliphatic carbocycles. The van der Waals surface area contributed by atoms with Gasteiger partial charge in [0.1, 0.15) is 0 Å². The molecule has 1 aliphatic rings. The molecule has 1 saturated heterocycles. The van der Waals surface area contributed by atoms with E-state index in [1.54, 1.807) is 0 Å². The number of carbonyl (C=O) groups excluding carboxylic acids is 2. The van der Waals surface area contributed by atoms with Crippen molar-refractivity contribution in [3.05, 3.63) is 0 Å². The molecular weight excluding hydrogens is 330 g/mol. The summed E-state index contributed by atoms with van der Waals surface area (Å²) in [5, 5.41) is 2.14. The zero-order valence-electron chi connectivity index (χ0n) is 4.03. The first-order valence-electron chi connectivity index (χ1n) is 2.12. The summed E-state index contributed by atoms with van der Waals surface area (Å²) in [6, 6.07) is 0. The van der Waals surface area contributed by atoms with Gasteiger partial charge in [-0.05, 0) is 0 Å². The van der Waals surface area contributed by atoms with Gasteiger partial charge < -0.3 is 0 Å². The average Bonchev–Trinajstić information content (AvgIpc) is 1.87.